The third-order valence-corrected chi connectivity index (χ3v) is 6.36. The predicted octanol–water partition coefficient (Wildman–Crippen LogP) is 4.14. The largest absolute Gasteiger partial charge is 1.00 e. The minimum atomic E-state index is 0. The number of halogens is 1. The van der Waals surface area contributed by atoms with E-state index >= 15 is 0 Å². The minimum Gasteiger partial charge on any atom is -1.00 e. The van der Waals surface area contributed by atoms with E-state index in [0.29, 0.717) is 0 Å². The average molecular weight is 475 g/mol. The van der Waals surface area contributed by atoms with E-state index in [-0.39, 0.29) is 23.1 Å². The Bertz CT molecular complexity index is 667. The van der Waals surface area contributed by atoms with E-state index in [9.17, 15) is 0 Å². The molecule has 30 heavy (non-hydrogen) atoms. The summed E-state index contributed by atoms with van der Waals surface area (Å²) >= 11 is 0. The average Bonchev–Trinajstić information content (AvgIpc) is 2.79. The second-order valence-corrected chi connectivity index (χ2v) is 8.70. The molecule has 166 valence electrons. The summed E-state index contributed by atoms with van der Waals surface area (Å²) < 4.78 is 8.64. The Morgan fingerprint density at radius 3 is 2.23 bits per heavy atom. The zero-order valence-electron chi connectivity index (χ0n) is 18.8. The first kappa shape index (κ1) is 25.1. The molecule has 1 aliphatic rings. The normalized spacial score (nSPS) is 15.5. The molecule has 0 saturated heterocycles. The van der Waals surface area contributed by atoms with Crippen molar-refractivity contribution in [3.8, 4) is 0 Å². The molecule has 1 aliphatic carbocycles. The quantitative estimate of drug-likeness (QED) is 0.333. The van der Waals surface area contributed by atoms with E-state index in [0.717, 1.165) is 19.1 Å². The molecule has 1 aromatic carbocycles. The van der Waals surface area contributed by atoms with E-state index in [1.54, 1.807) is 0 Å². The van der Waals surface area contributed by atoms with Crippen LogP contribution in [-0.4, -0.2) is 6.61 Å². The summed E-state index contributed by atoms with van der Waals surface area (Å²) in [5, 5.41) is 0. The third kappa shape index (κ3) is 8.51. The highest BCUT2D eigenvalue weighted by atomic mass is 79.9. The molecule has 0 spiro atoms. The fraction of sp³-hybridized carbons (Fsp3) is 0.593. The van der Waals surface area contributed by atoms with Crippen molar-refractivity contribution < 1.29 is 26.3 Å². The highest BCUT2D eigenvalue weighted by Gasteiger charge is 2.19. The molecule has 0 N–H and O–H groups in total. The van der Waals surface area contributed by atoms with Gasteiger partial charge in [0, 0.05) is 18.7 Å². The van der Waals surface area contributed by atoms with Crippen molar-refractivity contribution in [3.63, 3.8) is 0 Å². The lowest BCUT2D eigenvalue weighted by molar-refractivity contribution is -0.705. The monoisotopic (exact) mass is 473 g/mol. The smallest absolute Gasteiger partial charge is 0.178 e. The van der Waals surface area contributed by atoms with Crippen LogP contribution in [0.3, 0.4) is 0 Å². The van der Waals surface area contributed by atoms with Crippen LogP contribution in [0.1, 0.15) is 101 Å². The van der Waals surface area contributed by atoms with Crippen LogP contribution >= 0.6 is 0 Å². The van der Waals surface area contributed by atoms with Crippen molar-refractivity contribution in [2.24, 2.45) is 0 Å². The van der Waals surface area contributed by atoms with Crippen molar-refractivity contribution in [1.82, 2.24) is 0 Å². The maximum atomic E-state index is 6.40. The molecule has 1 aromatic heterocycles. The lowest BCUT2D eigenvalue weighted by atomic mass is 9.84. The maximum absolute atomic E-state index is 6.40. The summed E-state index contributed by atoms with van der Waals surface area (Å²) in [4.78, 5) is 0. The van der Waals surface area contributed by atoms with Crippen molar-refractivity contribution in [1.29, 1.82) is 0 Å². The Hall–Kier alpha value is -1.19. The van der Waals surface area contributed by atoms with Crippen molar-refractivity contribution >= 4 is 0 Å². The van der Waals surface area contributed by atoms with Gasteiger partial charge in [-0.1, -0.05) is 88.6 Å². The summed E-state index contributed by atoms with van der Waals surface area (Å²) in [5.74, 6) is 0.767. The predicted molar refractivity (Wildman–Crippen MR) is 121 cm³/mol. The van der Waals surface area contributed by atoms with Gasteiger partial charge < -0.3 is 21.7 Å². The number of nitrogens with zero attached hydrogens (tertiary/aromatic N) is 1. The van der Waals surface area contributed by atoms with Gasteiger partial charge in [-0.2, -0.15) is 0 Å². The number of hydrogen-bond acceptors (Lipinski definition) is 1. The molecule has 0 radical (unpaired) electrons. The Morgan fingerprint density at radius 1 is 0.867 bits per heavy atom. The highest BCUT2D eigenvalue weighted by molar-refractivity contribution is 5.27. The van der Waals surface area contributed by atoms with Crippen molar-refractivity contribution in [2.75, 3.05) is 6.61 Å². The van der Waals surface area contributed by atoms with Gasteiger partial charge in [0.2, 0.25) is 0 Å². The molecular weight excluding hydrogens is 434 g/mol. The molecule has 1 atom stereocenters. The van der Waals surface area contributed by atoms with Gasteiger partial charge in [-0.3, -0.25) is 0 Å². The van der Waals surface area contributed by atoms with Gasteiger partial charge in [0.1, 0.15) is 6.10 Å². The zero-order valence-corrected chi connectivity index (χ0v) is 20.4. The number of unbranched alkanes of at least 4 members (excludes halogenated alkanes) is 5. The van der Waals surface area contributed by atoms with E-state index < -0.39 is 0 Å². The van der Waals surface area contributed by atoms with Crippen molar-refractivity contribution in [2.45, 2.75) is 96.1 Å². The Morgan fingerprint density at radius 2 is 1.53 bits per heavy atom. The zero-order chi connectivity index (χ0) is 20.2. The number of benzene rings is 1. The van der Waals surface area contributed by atoms with Gasteiger partial charge >= 0.3 is 0 Å². The second kappa shape index (κ2) is 14.8. The lowest BCUT2D eigenvalue weighted by Gasteiger charge is -2.23. The van der Waals surface area contributed by atoms with E-state index in [4.69, 9.17) is 4.74 Å². The summed E-state index contributed by atoms with van der Waals surface area (Å²) in [5.41, 5.74) is 2.84. The molecule has 1 heterocycles. The number of rotatable bonds is 12. The molecule has 1 fully saturated rings. The molecule has 1 saturated carbocycles. The standard InChI is InChI=1S/C27H40NO.BrH/c1-2-3-4-5-6-13-22-29-27(23-28-20-11-8-12-21-28)26-18-16-25(17-19-26)24-14-9-7-10-15-24;/h8,11-12,16-21,24,27H,2-7,9-10,13-15,22-23H2,1H3;1H/q+1;/p-1. The summed E-state index contributed by atoms with van der Waals surface area (Å²) in [6.07, 6.45) is 19.1. The van der Waals surface area contributed by atoms with Crippen LogP contribution in [0.25, 0.3) is 0 Å². The fourth-order valence-corrected chi connectivity index (χ4v) is 4.53. The Labute approximate surface area is 194 Å². The van der Waals surface area contributed by atoms with Crippen LogP contribution in [0.2, 0.25) is 0 Å². The van der Waals surface area contributed by atoms with Crippen LogP contribution < -0.4 is 21.5 Å². The van der Waals surface area contributed by atoms with E-state index in [2.05, 4.69) is 66.3 Å². The number of ether oxygens (including phenoxy) is 1. The van der Waals surface area contributed by atoms with Gasteiger partial charge in [0.05, 0.1) is 0 Å². The summed E-state index contributed by atoms with van der Waals surface area (Å²) in [6, 6.07) is 15.6. The van der Waals surface area contributed by atoms with E-state index in [1.165, 1.54) is 81.8 Å². The van der Waals surface area contributed by atoms with Crippen LogP contribution in [0.15, 0.2) is 54.9 Å². The maximum Gasteiger partial charge on any atom is 0.178 e. The molecular formula is C27H40BrNO. The van der Waals surface area contributed by atoms with Crippen LogP contribution in [0.5, 0.6) is 0 Å². The molecule has 3 rings (SSSR count). The number of aromatic nitrogens is 1. The Kier molecular flexibility index (Phi) is 12.3. The first-order valence-electron chi connectivity index (χ1n) is 12.0. The number of hydrogen-bond donors (Lipinski definition) is 0. The first-order chi connectivity index (χ1) is 14.4. The van der Waals surface area contributed by atoms with Gasteiger partial charge in [-0.15, -0.1) is 0 Å². The SMILES string of the molecule is CCCCCCCCOC(C[n+]1ccccc1)c1ccc(C2CCCCC2)cc1.[Br-]. The lowest BCUT2D eigenvalue weighted by Crippen LogP contribution is -3.00. The highest BCUT2D eigenvalue weighted by Crippen LogP contribution is 2.33. The van der Waals surface area contributed by atoms with Crippen LogP contribution in [0.4, 0.5) is 0 Å². The topological polar surface area (TPSA) is 13.1 Å². The van der Waals surface area contributed by atoms with Gasteiger partial charge in [-0.25, -0.2) is 4.57 Å². The van der Waals surface area contributed by atoms with Gasteiger partial charge in [-0.05, 0) is 36.3 Å². The molecule has 1 unspecified atom stereocenters. The number of pyridine rings is 1. The molecule has 0 aliphatic heterocycles. The van der Waals surface area contributed by atoms with Gasteiger partial charge in [0.25, 0.3) is 0 Å². The summed E-state index contributed by atoms with van der Waals surface area (Å²) in [6.45, 7) is 4.00. The first-order valence-corrected chi connectivity index (χ1v) is 12.0. The minimum absolute atomic E-state index is 0. The molecule has 2 aromatic rings. The van der Waals surface area contributed by atoms with Gasteiger partial charge in [0.15, 0.2) is 18.9 Å². The van der Waals surface area contributed by atoms with Crippen LogP contribution in [-0.2, 0) is 11.3 Å². The third-order valence-electron chi connectivity index (χ3n) is 6.36. The molecule has 0 bridgehead atoms. The summed E-state index contributed by atoms with van der Waals surface area (Å²) in [7, 11) is 0. The molecule has 2 nitrogen and oxygen atoms in total. The Balaban J connectivity index is 0.00000320. The van der Waals surface area contributed by atoms with Crippen molar-refractivity contribution in [3.05, 3.63) is 66.0 Å². The second-order valence-electron chi connectivity index (χ2n) is 8.70. The van der Waals surface area contributed by atoms with Crippen LogP contribution in [0, 0.1) is 0 Å². The van der Waals surface area contributed by atoms with E-state index in [1.807, 2.05) is 0 Å². The fourth-order valence-electron chi connectivity index (χ4n) is 4.53. The molecule has 0 amide bonds. The molecule has 3 heteroatoms.